The van der Waals surface area contributed by atoms with Gasteiger partial charge in [0, 0.05) is 19.3 Å². The zero-order valence-corrected chi connectivity index (χ0v) is 23.3. The van der Waals surface area contributed by atoms with Crippen LogP contribution in [0.25, 0.3) is 5.57 Å². The van der Waals surface area contributed by atoms with Crippen LogP contribution in [0.1, 0.15) is 81.8 Å². The van der Waals surface area contributed by atoms with Gasteiger partial charge >= 0.3 is 0 Å². The van der Waals surface area contributed by atoms with Gasteiger partial charge in [0.1, 0.15) is 15.7 Å². The van der Waals surface area contributed by atoms with Gasteiger partial charge < -0.3 is 5.32 Å². The Morgan fingerprint density at radius 2 is 1.68 bits per heavy atom. The molecule has 1 N–H and O–H groups in total. The van der Waals surface area contributed by atoms with E-state index < -0.39 is 9.84 Å². The molecule has 5 heteroatoms. The van der Waals surface area contributed by atoms with Gasteiger partial charge in [-0.3, -0.25) is 4.99 Å². The highest BCUT2D eigenvalue weighted by atomic mass is 32.2. The summed E-state index contributed by atoms with van der Waals surface area (Å²) in [4.78, 5) is 4.89. The largest absolute Gasteiger partial charge is 0.370 e. The van der Waals surface area contributed by atoms with Crippen molar-refractivity contribution in [3.05, 3.63) is 65.3 Å². The van der Waals surface area contributed by atoms with E-state index in [2.05, 4.69) is 53.9 Å². The second kappa shape index (κ2) is 12.1. The Hall–Kier alpha value is -2.14. The topological polar surface area (TPSA) is 58.5 Å². The van der Waals surface area contributed by atoms with E-state index in [0.29, 0.717) is 11.8 Å². The normalized spacial score (nSPS) is 27.3. The number of rotatable bonds is 6. The molecule has 1 aromatic rings. The van der Waals surface area contributed by atoms with E-state index in [0.717, 1.165) is 82.6 Å². The van der Waals surface area contributed by atoms with Crippen molar-refractivity contribution in [2.75, 3.05) is 19.3 Å². The van der Waals surface area contributed by atoms with E-state index in [9.17, 15) is 8.42 Å². The van der Waals surface area contributed by atoms with Crippen LogP contribution in [0.15, 0.2) is 59.1 Å². The lowest BCUT2D eigenvalue weighted by Crippen LogP contribution is -2.26. The Balaban J connectivity index is 1.25. The van der Waals surface area contributed by atoms with Crippen LogP contribution in [0.3, 0.4) is 0 Å². The van der Waals surface area contributed by atoms with Crippen LogP contribution in [0.2, 0.25) is 0 Å². The molecule has 37 heavy (non-hydrogen) atoms. The highest BCUT2D eigenvalue weighted by Gasteiger charge is 2.24. The number of hydrogen-bond acceptors (Lipinski definition) is 4. The maximum atomic E-state index is 12.1. The lowest BCUT2D eigenvalue weighted by atomic mass is 9.87. The smallest absolute Gasteiger partial charge is 0.150 e. The average Bonchev–Trinajstić information content (AvgIpc) is 3.68. The third-order valence-electron chi connectivity index (χ3n) is 8.76. The number of hydrogen-bond donors (Lipinski definition) is 1. The Labute approximate surface area is 224 Å². The van der Waals surface area contributed by atoms with E-state index >= 15 is 0 Å². The van der Waals surface area contributed by atoms with Crippen molar-refractivity contribution < 1.29 is 8.42 Å². The van der Waals surface area contributed by atoms with Crippen LogP contribution in [0.4, 0.5) is 0 Å². The number of allylic oxidation sites excluding steroid dienone is 5. The van der Waals surface area contributed by atoms with Crippen molar-refractivity contribution in [1.82, 2.24) is 5.32 Å². The first-order chi connectivity index (χ1) is 17.9. The quantitative estimate of drug-likeness (QED) is 0.455. The molecule has 4 aliphatic rings. The van der Waals surface area contributed by atoms with Gasteiger partial charge in [0.15, 0.2) is 0 Å². The van der Waals surface area contributed by atoms with E-state index in [-0.39, 0.29) is 5.25 Å². The third kappa shape index (κ3) is 7.69. The number of benzene rings is 1. The molecule has 3 aliphatic carbocycles. The Bertz CT molecular complexity index is 1160. The number of amidine groups is 1. The minimum atomic E-state index is -2.92. The number of fused-ring (bicyclic) bond motifs is 2. The lowest BCUT2D eigenvalue weighted by molar-refractivity contribution is 0.425. The fourth-order valence-electron chi connectivity index (χ4n) is 6.25. The summed E-state index contributed by atoms with van der Waals surface area (Å²) in [5, 5.41) is 3.48. The van der Waals surface area contributed by atoms with Gasteiger partial charge in [-0.15, -0.1) is 0 Å². The SMILES string of the molecule is CS(=O)(=O)C1CCCCC(Cc2ccc(C3=CC=CC4CCN=C(NCC5CC5)C=C3C4)cc2)CCC1. The average molecular weight is 521 g/mol. The molecule has 2 bridgehead atoms. The van der Waals surface area contributed by atoms with Crippen LogP contribution in [0.5, 0.6) is 0 Å². The van der Waals surface area contributed by atoms with Gasteiger partial charge in [-0.2, -0.15) is 0 Å². The molecule has 1 heterocycles. The number of nitrogens with zero attached hydrogens (tertiary/aromatic N) is 1. The van der Waals surface area contributed by atoms with Gasteiger partial charge in [-0.25, -0.2) is 8.42 Å². The zero-order valence-electron chi connectivity index (χ0n) is 22.5. The third-order valence-corrected chi connectivity index (χ3v) is 10.4. The molecule has 2 saturated carbocycles. The van der Waals surface area contributed by atoms with Gasteiger partial charge in [0.2, 0.25) is 0 Å². The molecule has 0 spiro atoms. The lowest BCUT2D eigenvalue weighted by Gasteiger charge is -2.20. The molecule has 4 nitrogen and oxygen atoms in total. The van der Waals surface area contributed by atoms with Gasteiger partial charge in [-0.1, -0.05) is 74.6 Å². The van der Waals surface area contributed by atoms with Crippen molar-refractivity contribution >= 4 is 21.2 Å². The predicted molar refractivity (Wildman–Crippen MR) is 156 cm³/mol. The predicted octanol–water partition coefficient (Wildman–Crippen LogP) is 6.69. The van der Waals surface area contributed by atoms with E-state index in [4.69, 9.17) is 4.99 Å². The Kier molecular flexibility index (Phi) is 8.69. The molecule has 3 unspecified atom stereocenters. The summed E-state index contributed by atoms with van der Waals surface area (Å²) < 4.78 is 24.2. The fourth-order valence-corrected chi connectivity index (χ4v) is 7.44. The molecule has 5 rings (SSSR count). The van der Waals surface area contributed by atoms with Crippen molar-refractivity contribution in [3.63, 3.8) is 0 Å². The molecular weight excluding hydrogens is 476 g/mol. The first-order valence-corrected chi connectivity index (χ1v) is 16.6. The highest BCUT2D eigenvalue weighted by molar-refractivity contribution is 7.91. The summed E-state index contributed by atoms with van der Waals surface area (Å²) in [5.74, 6) is 3.09. The maximum Gasteiger partial charge on any atom is 0.150 e. The molecule has 2 fully saturated rings. The van der Waals surface area contributed by atoms with E-state index in [1.807, 2.05) is 0 Å². The van der Waals surface area contributed by atoms with Gasteiger partial charge in [0.25, 0.3) is 0 Å². The molecule has 3 atom stereocenters. The first-order valence-electron chi connectivity index (χ1n) is 14.6. The summed E-state index contributed by atoms with van der Waals surface area (Å²) in [7, 11) is -2.92. The van der Waals surface area contributed by atoms with Crippen LogP contribution < -0.4 is 5.32 Å². The molecule has 0 radical (unpaired) electrons. The van der Waals surface area contributed by atoms with Crippen LogP contribution in [0, 0.1) is 17.8 Å². The minimum Gasteiger partial charge on any atom is -0.370 e. The van der Waals surface area contributed by atoms with Crippen LogP contribution in [-0.4, -0.2) is 38.8 Å². The molecule has 0 aromatic heterocycles. The van der Waals surface area contributed by atoms with Crippen molar-refractivity contribution in [3.8, 4) is 0 Å². The Morgan fingerprint density at radius 3 is 2.46 bits per heavy atom. The van der Waals surface area contributed by atoms with Crippen LogP contribution in [-0.2, 0) is 16.3 Å². The molecule has 200 valence electrons. The Morgan fingerprint density at radius 1 is 0.919 bits per heavy atom. The fraction of sp³-hybridized carbons (Fsp3) is 0.594. The summed E-state index contributed by atoms with van der Waals surface area (Å²) >= 11 is 0. The monoisotopic (exact) mass is 520 g/mol. The summed E-state index contributed by atoms with van der Waals surface area (Å²) in [5.41, 5.74) is 5.40. The number of nitrogens with one attached hydrogen (secondary N) is 1. The molecule has 0 amide bonds. The molecule has 1 aromatic carbocycles. The first kappa shape index (κ1) is 26.5. The summed E-state index contributed by atoms with van der Waals surface area (Å²) in [6, 6.07) is 9.24. The molecule has 0 saturated heterocycles. The summed E-state index contributed by atoms with van der Waals surface area (Å²) in [6.45, 7) is 1.94. The second-order valence-electron chi connectivity index (χ2n) is 11.9. The van der Waals surface area contributed by atoms with Crippen molar-refractivity contribution in [2.24, 2.45) is 22.7 Å². The van der Waals surface area contributed by atoms with Gasteiger partial charge in [-0.05, 0) is 91.0 Å². The van der Waals surface area contributed by atoms with E-state index in [1.54, 1.807) is 0 Å². The molecular formula is C32H44N2O2S. The maximum absolute atomic E-state index is 12.1. The number of aliphatic imine (C=N–C) groups is 1. The van der Waals surface area contributed by atoms with Gasteiger partial charge in [0.05, 0.1) is 5.25 Å². The second-order valence-corrected chi connectivity index (χ2v) is 14.2. The number of sulfone groups is 1. The zero-order chi connectivity index (χ0) is 25.7. The minimum absolute atomic E-state index is 0.135. The molecule has 1 aliphatic heterocycles. The van der Waals surface area contributed by atoms with E-state index in [1.165, 1.54) is 47.8 Å². The summed E-state index contributed by atoms with van der Waals surface area (Å²) in [6.07, 6.45) is 23.8. The van der Waals surface area contributed by atoms with Crippen LogP contribution >= 0.6 is 0 Å². The standard InChI is InChI=1S/C32H44N2O2S/c1-37(35,36)30-9-3-2-6-24(7-4-10-30)20-26-14-16-28(17-15-26)31-11-5-8-25-18-19-33-32(22-29(31)21-25)34-23-27-12-13-27/h5,8,11,14-17,22,24-25,27,30H,2-4,6-7,9-10,12-13,18-21,23H2,1H3,(H,33,34). The van der Waals surface area contributed by atoms with Crippen molar-refractivity contribution in [2.45, 2.75) is 82.3 Å². The van der Waals surface area contributed by atoms with Crippen molar-refractivity contribution in [1.29, 1.82) is 0 Å². The highest BCUT2D eigenvalue weighted by Crippen LogP contribution is 2.34.